The van der Waals surface area contributed by atoms with Crippen molar-refractivity contribution in [2.45, 2.75) is 26.9 Å². The number of amides is 1. The number of nitrogens with zero attached hydrogens (tertiary/aromatic N) is 2. The molecule has 0 saturated heterocycles. The molecule has 0 saturated carbocycles. The second-order valence-corrected chi connectivity index (χ2v) is 7.32. The fourth-order valence-corrected chi connectivity index (χ4v) is 3.60. The van der Waals surface area contributed by atoms with E-state index in [0.29, 0.717) is 13.1 Å². The van der Waals surface area contributed by atoms with E-state index >= 15 is 0 Å². The van der Waals surface area contributed by atoms with Crippen molar-refractivity contribution in [1.82, 2.24) is 9.97 Å². The van der Waals surface area contributed by atoms with Gasteiger partial charge in [0.1, 0.15) is 5.69 Å². The Morgan fingerprint density at radius 3 is 2.03 bits per heavy atom. The molecule has 0 bridgehead atoms. The predicted octanol–water partition coefficient (Wildman–Crippen LogP) is 4.49. The molecule has 2 aromatic carbocycles. The maximum Gasteiger partial charge on any atom is 0.267 e. The minimum Gasteiger partial charge on any atom is -0.364 e. The molecule has 0 fully saturated rings. The number of H-pyrrole nitrogens is 1. The molecule has 29 heavy (non-hydrogen) atoms. The minimum atomic E-state index is -0.522. The number of rotatable bonds is 6. The average Bonchev–Trinajstić information content (AvgIpc) is 3.02. The molecule has 5 heteroatoms. The second kappa shape index (κ2) is 7.80. The molecule has 0 atom stereocenters. The molecule has 0 aliphatic rings. The Labute approximate surface area is 170 Å². The van der Waals surface area contributed by atoms with Crippen molar-refractivity contribution >= 4 is 22.6 Å². The number of nitrogens with one attached hydrogen (secondary N) is 1. The Balaban J connectivity index is 1.87. The third-order valence-electron chi connectivity index (χ3n) is 5.26. The van der Waals surface area contributed by atoms with Crippen molar-refractivity contribution in [1.29, 1.82) is 0 Å². The summed E-state index contributed by atoms with van der Waals surface area (Å²) >= 11 is 0. The molecule has 0 unspecified atom stereocenters. The number of nitrogens with two attached hydrogens (primary N) is 1. The van der Waals surface area contributed by atoms with Crippen LogP contribution in [0, 0.1) is 13.8 Å². The van der Waals surface area contributed by atoms with E-state index < -0.39 is 5.91 Å². The molecular formula is C24H24N4O. The lowest BCUT2D eigenvalue weighted by molar-refractivity contribution is 0.0996. The van der Waals surface area contributed by atoms with Crippen LogP contribution in [0.15, 0.2) is 66.7 Å². The zero-order valence-electron chi connectivity index (χ0n) is 16.6. The van der Waals surface area contributed by atoms with Gasteiger partial charge in [-0.05, 0) is 36.6 Å². The number of aryl methyl sites for hydroxylation is 2. The average molecular weight is 384 g/mol. The Morgan fingerprint density at radius 1 is 0.966 bits per heavy atom. The number of hydrogen-bond donors (Lipinski definition) is 2. The number of anilines is 1. The molecule has 5 nitrogen and oxygen atoms in total. The largest absolute Gasteiger partial charge is 0.364 e. The SMILES string of the molecule is Cc1[nH]c2c(N(Cc3ccccc3)Cc3ccccc3)nc(C(N)=O)cc2c1C. The van der Waals surface area contributed by atoms with Crippen LogP contribution in [0.4, 0.5) is 5.82 Å². The molecule has 4 rings (SSSR count). The first-order valence-corrected chi connectivity index (χ1v) is 9.65. The van der Waals surface area contributed by atoms with Gasteiger partial charge in [0.25, 0.3) is 5.91 Å². The standard InChI is InChI=1S/C24H24N4O/c1-16-17(2)26-22-20(16)13-21(23(25)29)27-24(22)28(14-18-9-5-3-6-10-18)15-19-11-7-4-8-12-19/h3-13,26H,14-15H2,1-2H3,(H2,25,29). The molecule has 146 valence electrons. The Kier molecular flexibility index (Phi) is 5.04. The van der Waals surface area contributed by atoms with E-state index in [-0.39, 0.29) is 5.69 Å². The third-order valence-corrected chi connectivity index (χ3v) is 5.26. The molecule has 0 aliphatic carbocycles. The fraction of sp³-hybridized carbons (Fsp3) is 0.167. The number of carbonyl (C=O) groups is 1. The third kappa shape index (κ3) is 3.85. The van der Waals surface area contributed by atoms with Gasteiger partial charge in [-0.15, -0.1) is 0 Å². The van der Waals surface area contributed by atoms with Crippen LogP contribution in [0.3, 0.4) is 0 Å². The molecule has 3 N–H and O–H groups in total. The number of carbonyl (C=O) groups excluding carboxylic acids is 1. The number of hydrogen-bond acceptors (Lipinski definition) is 3. The first-order chi connectivity index (χ1) is 14.0. The Bertz CT molecular complexity index is 1110. The van der Waals surface area contributed by atoms with Crippen molar-refractivity contribution in [3.63, 3.8) is 0 Å². The van der Waals surface area contributed by atoms with Crippen LogP contribution in [0.1, 0.15) is 32.9 Å². The highest BCUT2D eigenvalue weighted by atomic mass is 16.1. The van der Waals surface area contributed by atoms with E-state index in [9.17, 15) is 4.79 Å². The highest BCUT2D eigenvalue weighted by molar-refractivity contribution is 6.00. The molecule has 0 radical (unpaired) electrons. The van der Waals surface area contributed by atoms with Crippen LogP contribution >= 0.6 is 0 Å². The van der Waals surface area contributed by atoms with Gasteiger partial charge < -0.3 is 15.6 Å². The summed E-state index contributed by atoms with van der Waals surface area (Å²) in [6.07, 6.45) is 0. The first-order valence-electron chi connectivity index (χ1n) is 9.65. The fourth-order valence-electron chi connectivity index (χ4n) is 3.60. The first kappa shape index (κ1) is 18.7. The van der Waals surface area contributed by atoms with Crippen LogP contribution in [0.5, 0.6) is 0 Å². The van der Waals surface area contributed by atoms with E-state index in [1.54, 1.807) is 6.07 Å². The van der Waals surface area contributed by atoms with Crippen molar-refractivity contribution < 1.29 is 4.79 Å². The monoisotopic (exact) mass is 384 g/mol. The summed E-state index contributed by atoms with van der Waals surface area (Å²) < 4.78 is 0. The van der Waals surface area contributed by atoms with E-state index in [1.807, 2.05) is 50.2 Å². The van der Waals surface area contributed by atoms with E-state index in [0.717, 1.165) is 28.0 Å². The summed E-state index contributed by atoms with van der Waals surface area (Å²) in [5.74, 6) is 0.214. The van der Waals surface area contributed by atoms with Gasteiger partial charge in [0.2, 0.25) is 0 Å². The molecule has 0 spiro atoms. The second-order valence-electron chi connectivity index (χ2n) is 7.32. The van der Waals surface area contributed by atoms with Gasteiger partial charge >= 0.3 is 0 Å². The molecular weight excluding hydrogens is 360 g/mol. The summed E-state index contributed by atoms with van der Waals surface area (Å²) in [7, 11) is 0. The smallest absolute Gasteiger partial charge is 0.267 e. The maximum atomic E-state index is 12.0. The normalized spacial score (nSPS) is 11.0. The summed E-state index contributed by atoms with van der Waals surface area (Å²) in [6, 6.07) is 22.3. The van der Waals surface area contributed by atoms with Gasteiger partial charge in [-0.1, -0.05) is 60.7 Å². The van der Waals surface area contributed by atoms with Crippen LogP contribution in [-0.4, -0.2) is 15.9 Å². The van der Waals surface area contributed by atoms with Crippen LogP contribution in [-0.2, 0) is 13.1 Å². The molecule has 2 aromatic heterocycles. The lowest BCUT2D eigenvalue weighted by Gasteiger charge is -2.25. The number of benzene rings is 2. The number of pyridine rings is 1. The van der Waals surface area contributed by atoms with Gasteiger partial charge in [0.05, 0.1) is 5.52 Å². The van der Waals surface area contributed by atoms with Gasteiger partial charge in [-0.3, -0.25) is 4.79 Å². The number of aromatic nitrogens is 2. The van der Waals surface area contributed by atoms with Gasteiger partial charge in [0.15, 0.2) is 5.82 Å². The van der Waals surface area contributed by atoms with E-state index in [1.165, 1.54) is 11.1 Å². The quantitative estimate of drug-likeness (QED) is 0.514. The highest BCUT2D eigenvalue weighted by Crippen LogP contribution is 2.31. The highest BCUT2D eigenvalue weighted by Gasteiger charge is 2.19. The maximum absolute atomic E-state index is 12.0. The number of primary amides is 1. The minimum absolute atomic E-state index is 0.278. The Morgan fingerprint density at radius 2 is 1.52 bits per heavy atom. The summed E-state index contributed by atoms with van der Waals surface area (Å²) in [4.78, 5) is 22.3. The molecule has 2 heterocycles. The van der Waals surface area contributed by atoms with Crippen molar-refractivity contribution in [3.8, 4) is 0 Å². The molecule has 4 aromatic rings. The van der Waals surface area contributed by atoms with Crippen molar-refractivity contribution in [3.05, 3.63) is 94.8 Å². The van der Waals surface area contributed by atoms with Crippen molar-refractivity contribution in [2.75, 3.05) is 4.90 Å². The summed E-state index contributed by atoms with van der Waals surface area (Å²) in [5.41, 5.74) is 11.3. The molecule has 0 aliphatic heterocycles. The topological polar surface area (TPSA) is 75.0 Å². The lowest BCUT2D eigenvalue weighted by atomic mass is 10.1. The van der Waals surface area contributed by atoms with Gasteiger partial charge in [0, 0.05) is 24.2 Å². The van der Waals surface area contributed by atoms with E-state index in [4.69, 9.17) is 5.73 Å². The zero-order chi connectivity index (χ0) is 20.4. The van der Waals surface area contributed by atoms with E-state index in [2.05, 4.69) is 39.1 Å². The predicted molar refractivity (Wildman–Crippen MR) is 117 cm³/mol. The lowest BCUT2D eigenvalue weighted by Crippen LogP contribution is -2.25. The van der Waals surface area contributed by atoms with Crippen molar-refractivity contribution in [2.24, 2.45) is 5.73 Å². The number of fused-ring (bicyclic) bond motifs is 1. The van der Waals surface area contributed by atoms with Gasteiger partial charge in [-0.2, -0.15) is 0 Å². The molecule has 1 amide bonds. The van der Waals surface area contributed by atoms with Crippen LogP contribution in [0.25, 0.3) is 10.9 Å². The summed E-state index contributed by atoms with van der Waals surface area (Å²) in [5, 5.41) is 0.979. The van der Waals surface area contributed by atoms with Crippen LogP contribution in [0.2, 0.25) is 0 Å². The summed E-state index contributed by atoms with van der Waals surface area (Å²) in [6.45, 7) is 5.40. The zero-order valence-corrected chi connectivity index (χ0v) is 16.6. The Hall–Kier alpha value is -3.60. The van der Waals surface area contributed by atoms with Gasteiger partial charge in [-0.25, -0.2) is 4.98 Å². The van der Waals surface area contributed by atoms with Crippen LogP contribution < -0.4 is 10.6 Å². The number of aromatic amines is 1.